The number of carboxylic acid groups (broad SMARTS) is 1. The molecular weight excluding hydrogens is 348 g/mol. The molecule has 0 spiro atoms. The molecule has 4 rings (SSSR count). The number of esters is 1. The second-order valence-corrected chi connectivity index (χ2v) is 7.47. The topological polar surface area (TPSA) is 89.9 Å². The summed E-state index contributed by atoms with van der Waals surface area (Å²) in [4.78, 5) is 35.8. The maximum absolute atomic E-state index is 12.6. The van der Waals surface area contributed by atoms with Gasteiger partial charge in [0.2, 0.25) is 0 Å². The van der Waals surface area contributed by atoms with E-state index in [2.05, 4.69) is 0 Å². The summed E-state index contributed by atoms with van der Waals surface area (Å²) < 4.78 is 11.5. The van der Waals surface area contributed by atoms with Gasteiger partial charge in [-0.15, -0.1) is 0 Å². The van der Waals surface area contributed by atoms with Crippen LogP contribution in [0.4, 0.5) is 0 Å². The van der Waals surface area contributed by atoms with Crippen molar-refractivity contribution in [3.63, 3.8) is 0 Å². The first-order valence-corrected chi connectivity index (χ1v) is 8.68. The molecule has 1 atom stereocenters. The van der Waals surface area contributed by atoms with Crippen LogP contribution >= 0.6 is 0 Å². The van der Waals surface area contributed by atoms with Crippen LogP contribution in [0.2, 0.25) is 0 Å². The fourth-order valence-corrected chi connectivity index (χ4v) is 3.70. The summed E-state index contributed by atoms with van der Waals surface area (Å²) in [5.41, 5.74) is 1.43. The Hall–Kier alpha value is -3.15. The highest BCUT2D eigenvalue weighted by Gasteiger charge is 2.39. The van der Waals surface area contributed by atoms with Crippen molar-refractivity contribution in [2.75, 3.05) is 0 Å². The van der Waals surface area contributed by atoms with Gasteiger partial charge in [0.05, 0.1) is 24.0 Å². The largest absolute Gasteiger partial charge is 0.486 e. The van der Waals surface area contributed by atoms with Crippen LogP contribution < -0.4 is 9.47 Å². The molecule has 0 fully saturated rings. The van der Waals surface area contributed by atoms with E-state index in [1.54, 1.807) is 24.3 Å². The molecule has 138 valence electrons. The molecule has 2 heterocycles. The van der Waals surface area contributed by atoms with Gasteiger partial charge in [-0.3, -0.25) is 9.59 Å². The Morgan fingerprint density at radius 1 is 1.11 bits per heavy atom. The summed E-state index contributed by atoms with van der Waals surface area (Å²) in [6, 6.07) is 9.64. The van der Waals surface area contributed by atoms with Gasteiger partial charge in [-0.05, 0) is 43.7 Å². The molecule has 0 saturated heterocycles. The fourth-order valence-electron chi connectivity index (χ4n) is 3.70. The van der Waals surface area contributed by atoms with Crippen molar-refractivity contribution in [1.29, 1.82) is 0 Å². The third kappa shape index (κ3) is 2.97. The highest BCUT2D eigenvalue weighted by atomic mass is 16.5. The molecule has 2 aromatic carbocycles. The molecule has 0 saturated carbocycles. The van der Waals surface area contributed by atoms with E-state index in [0.717, 1.165) is 5.56 Å². The fraction of sp³-hybridized carbons (Fsp3) is 0.286. The Kier molecular flexibility index (Phi) is 3.80. The number of fused-ring (bicyclic) bond motifs is 3. The molecule has 6 nitrogen and oxygen atoms in total. The monoisotopic (exact) mass is 366 g/mol. The number of aromatic carboxylic acids is 1. The van der Waals surface area contributed by atoms with E-state index in [4.69, 9.17) is 14.6 Å². The van der Waals surface area contributed by atoms with Crippen LogP contribution in [0.5, 0.6) is 11.5 Å². The number of benzene rings is 2. The molecule has 6 heteroatoms. The number of rotatable bonds is 2. The van der Waals surface area contributed by atoms with Crippen LogP contribution in [-0.4, -0.2) is 28.4 Å². The maximum Gasteiger partial charge on any atom is 0.335 e. The molecule has 0 bridgehead atoms. The summed E-state index contributed by atoms with van der Waals surface area (Å²) in [5.74, 6) is -0.952. The molecule has 2 aliphatic heterocycles. The van der Waals surface area contributed by atoms with Gasteiger partial charge in [-0.2, -0.15) is 0 Å². The van der Waals surface area contributed by atoms with Crippen molar-refractivity contribution in [2.45, 2.75) is 38.2 Å². The molecule has 0 radical (unpaired) electrons. The first kappa shape index (κ1) is 17.3. The SMILES string of the molecule is CC1(C)CC(=O)c2ccc3c(c2O1)[C@@H](c1ccc(C(=O)O)cc1)CC(=O)O3. The van der Waals surface area contributed by atoms with Crippen LogP contribution in [0.3, 0.4) is 0 Å². The Labute approximate surface area is 155 Å². The van der Waals surface area contributed by atoms with Gasteiger partial charge in [0, 0.05) is 11.5 Å². The lowest BCUT2D eigenvalue weighted by Crippen LogP contribution is -2.37. The summed E-state index contributed by atoms with van der Waals surface area (Å²) in [6.07, 6.45) is 0.365. The average Bonchev–Trinajstić information content (AvgIpc) is 2.59. The minimum absolute atomic E-state index is 0.0130. The number of carbonyl (C=O) groups is 3. The third-order valence-corrected chi connectivity index (χ3v) is 4.92. The van der Waals surface area contributed by atoms with E-state index < -0.39 is 11.6 Å². The second-order valence-electron chi connectivity index (χ2n) is 7.47. The predicted octanol–water partition coefficient (Wildman–Crippen LogP) is 3.57. The number of carbonyl (C=O) groups excluding carboxylic acids is 2. The number of ketones is 1. The Bertz CT molecular complexity index is 971. The average molecular weight is 366 g/mol. The molecule has 1 N–H and O–H groups in total. The number of hydrogen-bond acceptors (Lipinski definition) is 5. The van der Waals surface area contributed by atoms with Gasteiger partial charge in [0.25, 0.3) is 0 Å². The Morgan fingerprint density at radius 2 is 1.81 bits per heavy atom. The van der Waals surface area contributed by atoms with E-state index in [1.807, 2.05) is 13.8 Å². The summed E-state index contributed by atoms with van der Waals surface area (Å²) in [7, 11) is 0. The van der Waals surface area contributed by atoms with E-state index in [1.165, 1.54) is 12.1 Å². The number of carboxylic acids is 1. The van der Waals surface area contributed by atoms with Crippen molar-refractivity contribution in [2.24, 2.45) is 0 Å². The van der Waals surface area contributed by atoms with Crippen molar-refractivity contribution in [3.05, 3.63) is 58.7 Å². The molecular formula is C21H18O6. The zero-order valence-corrected chi connectivity index (χ0v) is 14.9. The first-order valence-electron chi connectivity index (χ1n) is 8.68. The lowest BCUT2D eigenvalue weighted by Gasteiger charge is -2.36. The standard InChI is InChI=1S/C21H18O6/c1-21(2)10-15(22)13-7-8-16-18(19(13)27-21)14(9-17(23)26-16)11-3-5-12(6-4-11)20(24)25/h3-8,14H,9-10H2,1-2H3,(H,24,25)/t14-/m1/s1. The van der Waals surface area contributed by atoms with Crippen LogP contribution in [0.15, 0.2) is 36.4 Å². The van der Waals surface area contributed by atoms with Crippen molar-refractivity contribution >= 4 is 17.7 Å². The highest BCUT2D eigenvalue weighted by molar-refractivity contribution is 6.01. The highest BCUT2D eigenvalue weighted by Crippen LogP contribution is 2.48. The molecule has 0 aromatic heterocycles. The summed E-state index contributed by atoms with van der Waals surface area (Å²) >= 11 is 0. The predicted molar refractivity (Wildman–Crippen MR) is 95.6 cm³/mol. The van der Waals surface area contributed by atoms with Crippen molar-refractivity contribution < 1.29 is 29.0 Å². The zero-order chi connectivity index (χ0) is 19.3. The van der Waals surface area contributed by atoms with Gasteiger partial charge in [0.15, 0.2) is 5.78 Å². The molecule has 0 unspecified atom stereocenters. The van der Waals surface area contributed by atoms with E-state index in [-0.39, 0.29) is 36.1 Å². The molecule has 0 aliphatic carbocycles. The molecule has 2 aliphatic rings. The first-order chi connectivity index (χ1) is 12.7. The summed E-state index contributed by atoms with van der Waals surface area (Å²) in [5, 5.41) is 9.10. The summed E-state index contributed by atoms with van der Waals surface area (Å²) in [6.45, 7) is 3.69. The van der Waals surface area contributed by atoms with Crippen LogP contribution in [0.25, 0.3) is 0 Å². The van der Waals surface area contributed by atoms with Gasteiger partial charge >= 0.3 is 11.9 Å². The molecule has 0 amide bonds. The smallest absolute Gasteiger partial charge is 0.335 e. The third-order valence-electron chi connectivity index (χ3n) is 4.92. The minimum atomic E-state index is -1.02. The minimum Gasteiger partial charge on any atom is -0.486 e. The molecule has 27 heavy (non-hydrogen) atoms. The number of hydrogen-bond donors (Lipinski definition) is 1. The van der Waals surface area contributed by atoms with Gasteiger partial charge in [0.1, 0.15) is 17.1 Å². The zero-order valence-electron chi connectivity index (χ0n) is 14.9. The lowest BCUT2D eigenvalue weighted by atomic mass is 9.82. The quantitative estimate of drug-likeness (QED) is 0.645. The lowest BCUT2D eigenvalue weighted by molar-refractivity contribution is -0.135. The Morgan fingerprint density at radius 3 is 2.48 bits per heavy atom. The van der Waals surface area contributed by atoms with Crippen molar-refractivity contribution in [1.82, 2.24) is 0 Å². The van der Waals surface area contributed by atoms with E-state index in [0.29, 0.717) is 22.6 Å². The van der Waals surface area contributed by atoms with Gasteiger partial charge in [-0.25, -0.2) is 4.79 Å². The van der Waals surface area contributed by atoms with Crippen LogP contribution in [0, 0.1) is 0 Å². The second kappa shape index (κ2) is 5.94. The van der Waals surface area contributed by atoms with Crippen molar-refractivity contribution in [3.8, 4) is 11.5 Å². The van der Waals surface area contributed by atoms with E-state index >= 15 is 0 Å². The maximum atomic E-state index is 12.6. The Balaban J connectivity index is 1.88. The van der Waals surface area contributed by atoms with Gasteiger partial charge < -0.3 is 14.6 Å². The van der Waals surface area contributed by atoms with Crippen LogP contribution in [0.1, 0.15) is 64.4 Å². The molecule has 2 aromatic rings. The van der Waals surface area contributed by atoms with Gasteiger partial charge in [-0.1, -0.05) is 12.1 Å². The number of Topliss-reactive ketones (excluding diaryl/α,β-unsaturated/α-hetero) is 1. The number of ether oxygens (including phenoxy) is 2. The normalized spacial score (nSPS) is 20.1. The van der Waals surface area contributed by atoms with Crippen LogP contribution in [-0.2, 0) is 4.79 Å². The van der Waals surface area contributed by atoms with E-state index in [9.17, 15) is 14.4 Å².